The zero-order valence-corrected chi connectivity index (χ0v) is 17.6. The first-order chi connectivity index (χ1) is 13.6. The molecule has 0 saturated carbocycles. The van der Waals surface area contributed by atoms with Crippen molar-refractivity contribution in [3.63, 3.8) is 0 Å². The van der Waals surface area contributed by atoms with E-state index >= 15 is 0 Å². The van der Waals surface area contributed by atoms with Crippen molar-refractivity contribution in [2.24, 2.45) is 0 Å². The van der Waals surface area contributed by atoms with E-state index < -0.39 is 0 Å². The molecular formula is C27H21Br. The van der Waals surface area contributed by atoms with Gasteiger partial charge in [-0.25, -0.2) is 0 Å². The van der Waals surface area contributed by atoms with Crippen LogP contribution >= 0.6 is 15.9 Å². The average molecular weight is 425 g/mol. The lowest BCUT2D eigenvalue weighted by Gasteiger charge is -2.22. The molecule has 0 N–H and O–H groups in total. The number of fused-ring (bicyclic) bond motifs is 3. The maximum atomic E-state index is 3.67. The molecule has 0 aliphatic heterocycles. The molecule has 4 aromatic carbocycles. The Morgan fingerprint density at radius 1 is 0.571 bits per heavy atom. The van der Waals surface area contributed by atoms with E-state index in [2.05, 4.69) is 121 Å². The summed E-state index contributed by atoms with van der Waals surface area (Å²) in [5, 5.41) is 0. The van der Waals surface area contributed by atoms with Crippen molar-refractivity contribution in [1.29, 1.82) is 0 Å². The van der Waals surface area contributed by atoms with E-state index in [1.165, 1.54) is 44.5 Å². The molecular weight excluding hydrogens is 404 g/mol. The number of rotatable bonds is 2. The fourth-order valence-electron chi connectivity index (χ4n) is 4.59. The molecule has 4 aromatic rings. The third-order valence-electron chi connectivity index (χ3n) is 5.96. The summed E-state index contributed by atoms with van der Waals surface area (Å²) in [7, 11) is 0. The summed E-state index contributed by atoms with van der Waals surface area (Å²) < 4.78 is 1.10. The molecule has 0 unspecified atom stereocenters. The minimum absolute atomic E-state index is 0.0181. The Hall–Kier alpha value is -2.64. The van der Waals surface area contributed by atoms with Gasteiger partial charge in [0.15, 0.2) is 0 Å². The van der Waals surface area contributed by atoms with Gasteiger partial charge in [-0.2, -0.15) is 0 Å². The van der Waals surface area contributed by atoms with Gasteiger partial charge in [-0.3, -0.25) is 0 Å². The Labute approximate surface area is 175 Å². The van der Waals surface area contributed by atoms with Crippen LogP contribution in [0.2, 0.25) is 0 Å². The minimum atomic E-state index is 0.0181. The maximum absolute atomic E-state index is 3.67. The summed E-state index contributed by atoms with van der Waals surface area (Å²) in [6, 6.07) is 32.9. The van der Waals surface area contributed by atoms with Crippen LogP contribution < -0.4 is 0 Å². The summed E-state index contributed by atoms with van der Waals surface area (Å²) in [5.41, 5.74) is 10.7. The second-order valence-corrected chi connectivity index (χ2v) is 8.87. The Morgan fingerprint density at radius 3 is 2.07 bits per heavy atom. The fourth-order valence-corrected chi connectivity index (χ4v) is 4.95. The van der Waals surface area contributed by atoms with Gasteiger partial charge < -0.3 is 0 Å². The van der Waals surface area contributed by atoms with Crippen LogP contribution in [0.5, 0.6) is 0 Å². The van der Waals surface area contributed by atoms with E-state index in [1.807, 2.05) is 0 Å². The Morgan fingerprint density at radius 2 is 1.25 bits per heavy atom. The Bertz CT molecular complexity index is 1190. The molecule has 0 bridgehead atoms. The third-order valence-corrected chi connectivity index (χ3v) is 6.46. The van der Waals surface area contributed by atoms with Gasteiger partial charge in [0.1, 0.15) is 0 Å². The van der Waals surface area contributed by atoms with Crippen LogP contribution in [0.15, 0.2) is 95.5 Å². The van der Waals surface area contributed by atoms with E-state index in [4.69, 9.17) is 0 Å². The monoisotopic (exact) mass is 424 g/mol. The van der Waals surface area contributed by atoms with Gasteiger partial charge in [0, 0.05) is 9.89 Å². The highest BCUT2D eigenvalue weighted by atomic mass is 79.9. The van der Waals surface area contributed by atoms with Crippen molar-refractivity contribution in [2.75, 3.05) is 0 Å². The van der Waals surface area contributed by atoms with Crippen LogP contribution in [0.25, 0.3) is 33.4 Å². The number of halogens is 1. The van der Waals surface area contributed by atoms with Gasteiger partial charge in [-0.1, -0.05) is 109 Å². The SMILES string of the molecule is CC1(C)c2ccccc2-c2c(-c3ccc(Br)cc3-c3ccccc3)cccc21. The molecule has 28 heavy (non-hydrogen) atoms. The number of benzene rings is 4. The largest absolute Gasteiger partial charge is 0.0622 e. The second kappa shape index (κ2) is 6.46. The molecule has 5 rings (SSSR count). The van der Waals surface area contributed by atoms with E-state index in [1.54, 1.807) is 0 Å². The molecule has 0 fully saturated rings. The lowest BCUT2D eigenvalue weighted by Crippen LogP contribution is -2.14. The molecule has 0 nitrogen and oxygen atoms in total. The normalized spacial score (nSPS) is 13.8. The first-order valence-corrected chi connectivity index (χ1v) is 10.5. The standard InChI is InChI=1S/C27H21Br/c1-27(2)24-13-7-6-11-22(24)26-21(12-8-14-25(26)27)20-16-15-19(28)17-23(20)18-9-4-3-5-10-18/h3-17H,1-2H3. The average Bonchev–Trinajstić information content (AvgIpc) is 2.97. The summed E-state index contributed by atoms with van der Waals surface area (Å²) >= 11 is 3.67. The molecule has 0 atom stereocenters. The van der Waals surface area contributed by atoms with Crippen LogP contribution in [0.3, 0.4) is 0 Å². The Kier molecular flexibility index (Phi) is 4.03. The first kappa shape index (κ1) is 17.5. The molecule has 1 aliphatic carbocycles. The van der Waals surface area contributed by atoms with Crippen molar-refractivity contribution >= 4 is 15.9 Å². The molecule has 136 valence electrons. The molecule has 0 saturated heterocycles. The van der Waals surface area contributed by atoms with Crippen molar-refractivity contribution < 1.29 is 0 Å². The number of hydrogen-bond acceptors (Lipinski definition) is 0. The van der Waals surface area contributed by atoms with Crippen LogP contribution in [0.1, 0.15) is 25.0 Å². The molecule has 0 aromatic heterocycles. The van der Waals surface area contributed by atoms with Gasteiger partial charge in [0.05, 0.1) is 0 Å². The van der Waals surface area contributed by atoms with Crippen molar-refractivity contribution in [3.8, 4) is 33.4 Å². The Balaban J connectivity index is 1.83. The zero-order chi connectivity index (χ0) is 19.3. The molecule has 1 heteroatoms. The van der Waals surface area contributed by atoms with Gasteiger partial charge >= 0.3 is 0 Å². The quantitative estimate of drug-likeness (QED) is 0.304. The van der Waals surface area contributed by atoms with E-state index in [0.717, 1.165) is 4.47 Å². The molecule has 0 amide bonds. The van der Waals surface area contributed by atoms with Crippen LogP contribution in [0, 0.1) is 0 Å². The van der Waals surface area contributed by atoms with Crippen molar-refractivity contribution in [3.05, 3.63) is 107 Å². The van der Waals surface area contributed by atoms with Crippen LogP contribution in [-0.4, -0.2) is 0 Å². The van der Waals surface area contributed by atoms with Gasteiger partial charge in [0.2, 0.25) is 0 Å². The second-order valence-electron chi connectivity index (χ2n) is 7.95. The van der Waals surface area contributed by atoms with Crippen LogP contribution in [-0.2, 0) is 5.41 Å². The fraction of sp³-hybridized carbons (Fsp3) is 0.111. The maximum Gasteiger partial charge on any atom is 0.0181 e. The highest BCUT2D eigenvalue weighted by Gasteiger charge is 2.36. The predicted molar refractivity (Wildman–Crippen MR) is 123 cm³/mol. The summed E-state index contributed by atoms with van der Waals surface area (Å²) in [6.07, 6.45) is 0. The lowest BCUT2D eigenvalue weighted by molar-refractivity contribution is 0.660. The summed E-state index contributed by atoms with van der Waals surface area (Å²) in [6.45, 7) is 4.67. The summed E-state index contributed by atoms with van der Waals surface area (Å²) in [4.78, 5) is 0. The highest BCUT2D eigenvalue weighted by molar-refractivity contribution is 9.10. The molecule has 1 aliphatic rings. The van der Waals surface area contributed by atoms with E-state index in [-0.39, 0.29) is 5.41 Å². The van der Waals surface area contributed by atoms with Crippen molar-refractivity contribution in [1.82, 2.24) is 0 Å². The third kappa shape index (κ3) is 2.57. The van der Waals surface area contributed by atoms with Gasteiger partial charge in [-0.15, -0.1) is 0 Å². The highest BCUT2D eigenvalue weighted by Crippen LogP contribution is 2.52. The van der Waals surface area contributed by atoms with Crippen molar-refractivity contribution in [2.45, 2.75) is 19.3 Å². The number of hydrogen-bond donors (Lipinski definition) is 0. The van der Waals surface area contributed by atoms with Gasteiger partial charge in [-0.05, 0) is 56.6 Å². The zero-order valence-electron chi connectivity index (χ0n) is 16.0. The van der Waals surface area contributed by atoms with E-state index in [9.17, 15) is 0 Å². The smallest absolute Gasteiger partial charge is 0.0181 e. The van der Waals surface area contributed by atoms with E-state index in [0.29, 0.717) is 0 Å². The van der Waals surface area contributed by atoms with Gasteiger partial charge in [0.25, 0.3) is 0 Å². The predicted octanol–water partition coefficient (Wildman–Crippen LogP) is 8.09. The van der Waals surface area contributed by atoms with Crippen LogP contribution in [0.4, 0.5) is 0 Å². The lowest BCUT2D eigenvalue weighted by atomic mass is 9.81. The topological polar surface area (TPSA) is 0 Å². The minimum Gasteiger partial charge on any atom is -0.0622 e. The molecule has 0 radical (unpaired) electrons. The summed E-state index contributed by atoms with van der Waals surface area (Å²) in [5.74, 6) is 0. The first-order valence-electron chi connectivity index (χ1n) is 9.66. The molecule has 0 spiro atoms. The molecule has 0 heterocycles.